The highest BCUT2D eigenvalue weighted by Crippen LogP contribution is 2.34. The lowest BCUT2D eigenvalue weighted by Crippen LogP contribution is -2.40. The van der Waals surface area contributed by atoms with Crippen molar-refractivity contribution in [2.24, 2.45) is 14.1 Å². The maximum absolute atomic E-state index is 13.6. The quantitative estimate of drug-likeness (QED) is 0.414. The number of hydrogen-bond donors (Lipinski definition) is 0. The zero-order valence-corrected chi connectivity index (χ0v) is 20.5. The number of carbonyl (C=O) groups is 1. The molecule has 4 heterocycles. The summed E-state index contributed by atoms with van der Waals surface area (Å²) < 4.78 is 10.5. The van der Waals surface area contributed by atoms with Crippen LogP contribution in [0.1, 0.15) is 18.4 Å². The van der Waals surface area contributed by atoms with Crippen molar-refractivity contribution < 1.29 is 9.53 Å². The Balaban J connectivity index is 1.55. The van der Waals surface area contributed by atoms with Crippen LogP contribution in [0.15, 0.2) is 28.0 Å². The number of amides is 1. The van der Waals surface area contributed by atoms with Crippen LogP contribution in [0.3, 0.4) is 0 Å². The van der Waals surface area contributed by atoms with Crippen molar-refractivity contribution in [3.05, 3.63) is 49.9 Å². The molecule has 4 aromatic rings. The molecule has 1 atom stereocenters. The third-order valence-electron chi connectivity index (χ3n) is 6.10. The molecule has 1 aromatic carbocycles. The van der Waals surface area contributed by atoms with Gasteiger partial charge < -0.3 is 9.30 Å². The Bertz CT molecular complexity index is 1550. The minimum Gasteiger partial charge on any atom is -0.376 e. The van der Waals surface area contributed by atoms with E-state index in [9.17, 15) is 14.4 Å². The number of thiazole rings is 1. The second-order valence-electron chi connectivity index (χ2n) is 8.46. The maximum Gasteiger partial charge on any atom is 0.332 e. The summed E-state index contributed by atoms with van der Waals surface area (Å²) >= 11 is 7.62. The molecule has 0 bridgehead atoms. The van der Waals surface area contributed by atoms with Crippen LogP contribution in [0, 0.1) is 6.92 Å². The molecule has 0 aliphatic carbocycles. The fourth-order valence-electron chi connectivity index (χ4n) is 4.28. The minimum atomic E-state index is -0.501. The van der Waals surface area contributed by atoms with Gasteiger partial charge in [0, 0.05) is 25.7 Å². The van der Waals surface area contributed by atoms with Gasteiger partial charge in [0.1, 0.15) is 6.54 Å². The van der Waals surface area contributed by atoms with E-state index >= 15 is 0 Å². The van der Waals surface area contributed by atoms with E-state index in [2.05, 4.69) is 4.98 Å². The Labute approximate surface area is 203 Å². The number of nitrogens with zero attached hydrogens (tertiary/aromatic N) is 6. The van der Waals surface area contributed by atoms with Crippen molar-refractivity contribution in [2.45, 2.75) is 32.4 Å². The van der Waals surface area contributed by atoms with Crippen LogP contribution in [-0.2, 0) is 30.2 Å². The molecule has 0 saturated carbocycles. The topological polar surface area (TPSA) is 104 Å². The maximum atomic E-state index is 13.6. The molecule has 1 aliphatic rings. The number of imidazole rings is 1. The fraction of sp³-hybridized carbons (Fsp3) is 0.409. The summed E-state index contributed by atoms with van der Waals surface area (Å²) in [6.07, 6.45) is 3.12. The molecule has 12 heteroatoms. The summed E-state index contributed by atoms with van der Waals surface area (Å²) in [5, 5.41) is 1.16. The van der Waals surface area contributed by atoms with E-state index in [1.165, 1.54) is 33.8 Å². The highest BCUT2D eigenvalue weighted by molar-refractivity contribution is 7.22. The first-order valence-electron chi connectivity index (χ1n) is 10.8. The molecule has 1 amide bonds. The number of aromatic nitrogens is 5. The number of rotatable bonds is 5. The van der Waals surface area contributed by atoms with Gasteiger partial charge in [-0.25, -0.2) is 14.8 Å². The molecular weight excluding hydrogens is 480 g/mol. The number of anilines is 1. The fourth-order valence-corrected chi connectivity index (χ4v) is 5.73. The zero-order chi connectivity index (χ0) is 24.1. The summed E-state index contributed by atoms with van der Waals surface area (Å²) in [5.74, 6) is -0.256. The Morgan fingerprint density at radius 2 is 2.09 bits per heavy atom. The lowest BCUT2D eigenvalue weighted by atomic mass is 10.2. The smallest absolute Gasteiger partial charge is 0.332 e. The average Bonchev–Trinajstić information content (AvgIpc) is 3.54. The predicted molar refractivity (Wildman–Crippen MR) is 131 cm³/mol. The van der Waals surface area contributed by atoms with Gasteiger partial charge >= 0.3 is 5.69 Å². The van der Waals surface area contributed by atoms with Crippen LogP contribution in [-0.4, -0.2) is 48.8 Å². The largest absolute Gasteiger partial charge is 0.376 e. The lowest BCUT2D eigenvalue weighted by molar-refractivity contribution is -0.119. The number of carbonyl (C=O) groups excluding carboxylic acids is 1. The van der Waals surface area contributed by atoms with Gasteiger partial charge in [0.05, 0.1) is 29.2 Å². The Morgan fingerprint density at radius 1 is 1.29 bits per heavy atom. The van der Waals surface area contributed by atoms with Gasteiger partial charge in [0.15, 0.2) is 16.3 Å². The molecule has 178 valence electrons. The van der Waals surface area contributed by atoms with Crippen molar-refractivity contribution in [1.29, 1.82) is 0 Å². The van der Waals surface area contributed by atoms with E-state index in [1.54, 1.807) is 11.9 Å². The summed E-state index contributed by atoms with van der Waals surface area (Å²) in [6, 6.07) is 3.69. The van der Waals surface area contributed by atoms with Crippen LogP contribution in [0.2, 0.25) is 5.02 Å². The van der Waals surface area contributed by atoms with Gasteiger partial charge in [0.25, 0.3) is 5.56 Å². The van der Waals surface area contributed by atoms with Gasteiger partial charge in [-0.15, -0.1) is 0 Å². The molecule has 0 radical (unpaired) electrons. The van der Waals surface area contributed by atoms with Gasteiger partial charge in [-0.05, 0) is 37.5 Å². The van der Waals surface area contributed by atoms with Crippen LogP contribution < -0.4 is 16.1 Å². The number of hydrogen-bond acceptors (Lipinski definition) is 7. The molecule has 1 aliphatic heterocycles. The number of benzene rings is 1. The van der Waals surface area contributed by atoms with E-state index in [-0.39, 0.29) is 29.7 Å². The molecule has 1 unspecified atom stereocenters. The summed E-state index contributed by atoms with van der Waals surface area (Å²) in [7, 11) is 2.95. The van der Waals surface area contributed by atoms with Crippen LogP contribution in [0.25, 0.3) is 21.4 Å². The highest BCUT2D eigenvalue weighted by atomic mass is 35.5. The van der Waals surface area contributed by atoms with Crippen LogP contribution >= 0.6 is 22.9 Å². The molecule has 34 heavy (non-hydrogen) atoms. The van der Waals surface area contributed by atoms with Crippen molar-refractivity contribution in [2.75, 3.05) is 18.1 Å². The lowest BCUT2D eigenvalue weighted by Gasteiger charge is -2.23. The molecule has 5 rings (SSSR count). The Kier molecular flexibility index (Phi) is 5.78. The van der Waals surface area contributed by atoms with Gasteiger partial charge in [-0.1, -0.05) is 22.9 Å². The van der Waals surface area contributed by atoms with E-state index in [4.69, 9.17) is 21.3 Å². The molecule has 3 aromatic heterocycles. The number of aryl methyl sites for hydroxylation is 2. The Hall–Kier alpha value is -3.02. The standard InChI is InChI=1S/C22H23ClN6O4S/c1-12-7-13(23)8-15-17(12)25-21(34-15)29(9-14-5-4-6-33-14)16(30)10-28-11-24-19-18(28)20(31)27(3)22(32)26(19)2/h7-8,11,14H,4-6,9-10H2,1-3H3. The van der Waals surface area contributed by atoms with E-state index < -0.39 is 11.2 Å². The SMILES string of the molecule is Cc1cc(Cl)cc2sc(N(CC3CCCO3)C(=O)Cn3cnc4c3c(=O)n(C)c(=O)n4C)nc12. The number of fused-ring (bicyclic) bond motifs is 2. The van der Waals surface area contributed by atoms with Gasteiger partial charge in [-0.2, -0.15) is 0 Å². The first kappa shape index (κ1) is 22.8. The molecule has 0 N–H and O–H groups in total. The second kappa shape index (κ2) is 8.64. The molecule has 1 saturated heterocycles. The summed E-state index contributed by atoms with van der Waals surface area (Å²) in [4.78, 5) is 49.2. The third-order valence-corrected chi connectivity index (χ3v) is 7.35. The predicted octanol–water partition coefficient (Wildman–Crippen LogP) is 2.22. The van der Waals surface area contributed by atoms with Crippen molar-refractivity contribution in [3.63, 3.8) is 0 Å². The highest BCUT2D eigenvalue weighted by Gasteiger charge is 2.27. The summed E-state index contributed by atoms with van der Waals surface area (Å²) in [6.45, 7) is 2.82. The van der Waals surface area contributed by atoms with Crippen molar-refractivity contribution in [1.82, 2.24) is 23.7 Å². The first-order valence-corrected chi connectivity index (χ1v) is 12.0. The first-order chi connectivity index (χ1) is 16.2. The Morgan fingerprint density at radius 3 is 2.82 bits per heavy atom. The third kappa shape index (κ3) is 3.83. The van der Waals surface area contributed by atoms with Crippen molar-refractivity contribution >= 4 is 55.4 Å². The van der Waals surface area contributed by atoms with E-state index in [0.717, 1.165) is 33.2 Å². The normalized spacial score (nSPS) is 16.1. The number of halogens is 1. The molecule has 0 spiro atoms. The van der Waals surface area contributed by atoms with E-state index in [0.29, 0.717) is 23.3 Å². The van der Waals surface area contributed by atoms with Crippen molar-refractivity contribution in [3.8, 4) is 0 Å². The minimum absolute atomic E-state index is 0.0890. The number of ether oxygens (including phenoxy) is 1. The zero-order valence-electron chi connectivity index (χ0n) is 18.9. The molecule has 10 nitrogen and oxygen atoms in total. The second-order valence-corrected chi connectivity index (χ2v) is 9.90. The molecular formula is C22H23ClN6O4S. The van der Waals surface area contributed by atoms with Gasteiger partial charge in [-0.3, -0.25) is 23.6 Å². The van der Waals surface area contributed by atoms with Crippen LogP contribution in [0.4, 0.5) is 5.13 Å². The summed E-state index contributed by atoms with van der Waals surface area (Å²) in [5.41, 5.74) is 1.18. The monoisotopic (exact) mass is 502 g/mol. The molecule has 1 fully saturated rings. The van der Waals surface area contributed by atoms with Crippen LogP contribution in [0.5, 0.6) is 0 Å². The van der Waals surface area contributed by atoms with Gasteiger partial charge in [0.2, 0.25) is 5.91 Å². The van der Waals surface area contributed by atoms with E-state index in [1.807, 2.05) is 19.1 Å². The average molecular weight is 503 g/mol.